The summed E-state index contributed by atoms with van der Waals surface area (Å²) >= 11 is 0. The summed E-state index contributed by atoms with van der Waals surface area (Å²) in [4.78, 5) is 19.4. The highest BCUT2D eigenvalue weighted by molar-refractivity contribution is 5.61. The van der Waals surface area contributed by atoms with Gasteiger partial charge in [-0.3, -0.25) is 0 Å². The van der Waals surface area contributed by atoms with Crippen molar-refractivity contribution in [2.75, 3.05) is 0 Å². The van der Waals surface area contributed by atoms with Crippen molar-refractivity contribution < 1.29 is 9.68 Å². The first-order valence-electron chi connectivity index (χ1n) is 8.32. The lowest BCUT2D eigenvalue weighted by atomic mass is 10.2. The summed E-state index contributed by atoms with van der Waals surface area (Å²) in [5.41, 5.74) is 8.63. The fourth-order valence-electron chi connectivity index (χ4n) is 2.24. The summed E-state index contributed by atoms with van der Waals surface area (Å²) in [5, 5.41) is 0. The molecule has 6 nitrogen and oxygen atoms in total. The molecule has 3 rings (SSSR count). The Morgan fingerprint density at radius 2 is 1.15 bits per heavy atom. The number of rotatable bonds is 8. The van der Waals surface area contributed by atoms with Crippen LogP contribution in [0.2, 0.25) is 0 Å². The summed E-state index contributed by atoms with van der Waals surface area (Å²) in [6, 6.07) is 20.8. The van der Waals surface area contributed by atoms with Crippen molar-refractivity contribution in [1.29, 1.82) is 0 Å². The van der Waals surface area contributed by atoms with Gasteiger partial charge in [-0.1, -0.05) is 73.8 Å². The topological polar surface area (TPSA) is 68.3 Å². The number of hydrogen-bond acceptors (Lipinski definition) is 6. The summed E-state index contributed by atoms with van der Waals surface area (Å²) < 4.78 is 0. The molecule has 0 amide bonds. The first-order valence-corrected chi connectivity index (χ1v) is 8.32. The molecule has 1 aromatic heterocycles. The van der Waals surface area contributed by atoms with Gasteiger partial charge in [-0.2, -0.15) is 9.97 Å². The van der Waals surface area contributed by atoms with Gasteiger partial charge in [-0.15, -0.1) is 0 Å². The fraction of sp³-hybridized carbons (Fsp3) is 0.0476. The van der Waals surface area contributed by atoms with E-state index in [2.05, 4.69) is 34.1 Å². The molecule has 0 aliphatic carbocycles. The van der Waals surface area contributed by atoms with E-state index in [4.69, 9.17) is 9.68 Å². The van der Waals surface area contributed by atoms with Crippen LogP contribution in [-0.2, 0) is 0 Å². The number of benzene rings is 2. The number of hydroxylamine groups is 2. The maximum absolute atomic E-state index is 5.50. The molecule has 0 aliphatic rings. The summed E-state index contributed by atoms with van der Waals surface area (Å²) in [6.45, 7) is 9.63. The van der Waals surface area contributed by atoms with Gasteiger partial charge in [-0.25, -0.2) is 11.0 Å². The predicted molar refractivity (Wildman–Crippen MR) is 105 cm³/mol. The minimum absolute atomic E-state index is 0.307. The maximum atomic E-state index is 5.50. The van der Waals surface area contributed by atoms with Gasteiger partial charge in [0.05, 0.1) is 17.5 Å². The third kappa shape index (κ3) is 5.09. The third-order valence-electron chi connectivity index (χ3n) is 3.59. The van der Waals surface area contributed by atoms with E-state index in [1.165, 1.54) is 0 Å². The number of nitrogens with one attached hydrogen (secondary N) is 2. The lowest BCUT2D eigenvalue weighted by molar-refractivity contribution is 0.223. The van der Waals surface area contributed by atoms with Crippen molar-refractivity contribution in [3.05, 3.63) is 96.8 Å². The zero-order chi connectivity index (χ0) is 19.1. The van der Waals surface area contributed by atoms with Crippen molar-refractivity contribution in [1.82, 2.24) is 20.9 Å². The molecule has 0 fully saturated rings. The Hall–Kier alpha value is -3.80. The largest absolute Gasteiger partial charge is 0.361 e. The Balaban J connectivity index is 1.60. The summed E-state index contributed by atoms with van der Waals surface area (Å²) in [7, 11) is 0. The van der Waals surface area contributed by atoms with E-state index in [0.717, 1.165) is 11.1 Å². The third-order valence-corrected chi connectivity index (χ3v) is 3.59. The average Bonchev–Trinajstić information content (AvgIpc) is 2.71. The highest BCUT2D eigenvalue weighted by Gasteiger charge is 2.07. The second-order valence-corrected chi connectivity index (χ2v) is 5.69. The molecular formula is C21H20N4O2. The van der Waals surface area contributed by atoms with Crippen molar-refractivity contribution in [3.63, 3.8) is 0 Å². The van der Waals surface area contributed by atoms with Crippen LogP contribution in [0.4, 0.5) is 0 Å². The van der Waals surface area contributed by atoms with Crippen LogP contribution in [0.5, 0.6) is 11.8 Å². The van der Waals surface area contributed by atoms with Crippen molar-refractivity contribution in [2.24, 2.45) is 0 Å². The quantitative estimate of drug-likeness (QED) is 0.594. The molecule has 6 heteroatoms. The van der Waals surface area contributed by atoms with Gasteiger partial charge >= 0.3 is 0 Å². The van der Waals surface area contributed by atoms with Crippen LogP contribution in [0.25, 0.3) is 11.4 Å². The van der Waals surface area contributed by atoms with Crippen LogP contribution in [0.15, 0.2) is 79.9 Å². The van der Waals surface area contributed by atoms with Gasteiger partial charge < -0.3 is 9.68 Å². The molecule has 0 spiro atoms. The van der Waals surface area contributed by atoms with E-state index in [1.807, 2.05) is 60.7 Å². The molecule has 27 heavy (non-hydrogen) atoms. The second-order valence-electron chi connectivity index (χ2n) is 5.69. The molecule has 1 heterocycles. The Morgan fingerprint density at radius 3 is 1.56 bits per heavy atom. The number of hydrogen-bond donors (Lipinski definition) is 2. The fourth-order valence-corrected chi connectivity index (χ4v) is 2.24. The molecule has 0 saturated carbocycles. The first kappa shape index (κ1) is 18.0. The van der Waals surface area contributed by atoms with Crippen LogP contribution in [0.1, 0.15) is 17.0 Å². The SMILES string of the molecule is C=C(NOc1cc(ONC(=C)c2ccccc2)nc(C)n1)c1ccccc1. The van der Waals surface area contributed by atoms with Crippen LogP contribution in [0, 0.1) is 6.92 Å². The highest BCUT2D eigenvalue weighted by Crippen LogP contribution is 2.17. The van der Waals surface area contributed by atoms with Gasteiger partial charge in [0.25, 0.3) is 11.8 Å². The van der Waals surface area contributed by atoms with Crippen molar-refractivity contribution >= 4 is 11.4 Å². The Kier molecular flexibility index (Phi) is 5.69. The van der Waals surface area contributed by atoms with Gasteiger partial charge in [0.1, 0.15) is 5.82 Å². The molecule has 0 radical (unpaired) electrons. The van der Waals surface area contributed by atoms with Gasteiger partial charge in [-0.05, 0) is 6.92 Å². The molecule has 3 aromatic rings. The molecule has 0 unspecified atom stereocenters. The van der Waals surface area contributed by atoms with Crippen molar-refractivity contribution in [2.45, 2.75) is 6.92 Å². The molecular weight excluding hydrogens is 340 g/mol. The Labute approximate surface area is 158 Å². The average molecular weight is 360 g/mol. The van der Waals surface area contributed by atoms with E-state index in [0.29, 0.717) is 29.0 Å². The Morgan fingerprint density at radius 1 is 0.741 bits per heavy atom. The molecule has 0 aliphatic heterocycles. The number of aryl methyl sites for hydroxylation is 1. The summed E-state index contributed by atoms with van der Waals surface area (Å²) in [5.74, 6) is 1.12. The number of aromatic nitrogens is 2. The standard InChI is InChI=1S/C21H20N4O2/c1-15(18-10-6-4-7-11-18)24-26-20-14-21(23-17(3)22-20)27-25-16(2)19-12-8-5-9-13-19/h4-14,24-25H,1-2H2,3H3. The van der Waals surface area contributed by atoms with Gasteiger partial charge in [0.15, 0.2) is 0 Å². The van der Waals surface area contributed by atoms with Gasteiger partial charge in [0, 0.05) is 11.1 Å². The lowest BCUT2D eigenvalue weighted by Gasteiger charge is -2.13. The normalized spacial score (nSPS) is 9.96. The molecule has 0 saturated heterocycles. The number of nitrogens with zero attached hydrogens (tertiary/aromatic N) is 2. The van der Waals surface area contributed by atoms with Crippen LogP contribution < -0.4 is 20.6 Å². The smallest absolute Gasteiger partial charge is 0.253 e. The van der Waals surface area contributed by atoms with Crippen LogP contribution >= 0.6 is 0 Å². The minimum atomic E-state index is 0.307. The zero-order valence-corrected chi connectivity index (χ0v) is 15.0. The van der Waals surface area contributed by atoms with E-state index in [-0.39, 0.29) is 0 Å². The van der Waals surface area contributed by atoms with Crippen molar-refractivity contribution in [3.8, 4) is 11.8 Å². The van der Waals surface area contributed by atoms with E-state index in [1.54, 1.807) is 13.0 Å². The van der Waals surface area contributed by atoms with Gasteiger partial charge in [0.2, 0.25) is 0 Å². The lowest BCUT2D eigenvalue weighted by Crippen LogP contribution is -2.19. The van der Waals surface area contributed by atoms with E-state index in [9.17, 15) is 0 Å². The summed E-state index contributed by atoms with van der Waals surface area (Å²) in [6.07, 6.45) is 0. The van der Waals surface area contributed by atoms with Crippen LogP contribution in [0.3, 0.4) is 0 Å². The van der Waals surface area contributed by atoms with E-state index < -0.39 is 0 Å². The zero-order valence-electron chi connectivity index (χ0n) is 15.0. The molecule has 0 bridgehead atoms. The predicted octanol–water partition coefficient (Wildman–Crippen LogP) is 3.89. The van der Waals surface area contributed by atoms with Crippen LogP contribution in [-0.4, -0.2) is 9.97 Å². The first-order chi connectivity index (χ1) is 13.1. The minimum Gasteiger partial charge on any atom is -0.361 e. The maximum Gasteiger partial charge on any atom is 0.253 e. The Bertz CT molecular complexity index is 854. The molecule has 2 aromatic carbocycles. The molecule has 0 atom stereocenters. The molecule has 136 valence electrons. The monoisotopic (exact) mass is 360 g/mol. The second kappa shape index (κ2) is 8.53. The van der Waals surface area contributed by atoms with E-state index >= 15 is 0 Å². The highest BCUT2D eigenvalue weighted by atomic mass is 16.7. The molecule has 2 N–H and O–H groups in total.